The molecule has 0 radical (unpaired) electrons. The van der Waals surface area contributed by atoms with Gasteiger partial charge in [-0.05, 0) is 81.0 Å². The highest BCUT2D eigenvalue weighted by molar-refractivity contribution is 5.96. The second-order valence-electron chi connectivity index (χ2n) is 11.6. The molecule has 0 spiro atoms. The number of ether oxygens (including phenoxy) is 1. The van der Waals surface area contributed by atoms with Crippen molar-refractivity contribution >= 4 is 47.5 Å². The number of fused-ring (bicyclic) bond motifs is 2. The molecule has 0 aliphatic heterocycles. The van der Waals surface area contributed by atoms with Crippen molar-refractivity contribution in [2.45, 2.75) is 65.6 Å². The zero-order valence-corrected chi connectivity index (χ0v) is 27.1. The summed E-state index contributed by atoms with van der Waals surface area (Å²) in [5.41, 5.74) is 7.86. The number of amides is 2. The van der Waals surface area contributed by atoms with Crippen LogP contribution in [-0.2, 0) is 22.5 Å². The van der Waals surface area contributed by atoms with Crippen LogP contribution >= 0.6 is 12.4 Å². The summed E-state index contributed by atoms with van der Waals surface area (Å²) in [7, 11) is 0. The van der Waals surface area contributed by atoms with Gasteiger partial charge in [0.2, 0.25) is 5.91 Å². The predicted octanol–water partition coefficient (Wildman–Crippen LogP) is 4.91. The fourth-order valence-electron chi connectivity index (χ4n) is 5.01. The maximum absolute atomic E-state index is 14.0. The third-order valence-corrected chi connectivity index (χ3v) is 7.07. The number of carbonyl (C=O) groups excluding carboxylic acids is 3. The second kappa shape index (κ2) is 14.6. The van der Waals surface area contributed by atoms with Crippen LogP contribution in [0.25, 0.3) is 5.65 Å². The fourth-order valence-corrected chi connectivity index (χ4v) is 5.01. The van der Waals surface area contributed by atoms with Gasteiger partial charge in [-0.2, -0.15) is 5.10 Å². The first kappa shape index (κ1) is 36.5. The van der Waals surface area contributed by atoms with Gasteiger partial charge in [0.05, 0.1) is 23.5 Å². The molecule has 0 unspecified atom stereocenters. The average Bonchev–Trinajstić information content (AvgIpc) is 3.56. The van der Waals surface area contributed by atoms with Gasteiger partial charge in [0.15, 0.2) is 17.2 Å². The monoisotopic (exact) mass is 672 g/mol. The molecule has 0 fully saturated rings. The highest BCUT2D eigenvalue weighted by atomic mass is 35.5. The Morgan fingerprint density at radius 2 is 1.81 bits per heavy atom. The van der Waals surface area contributed by atoms with Crippen molar-refractivity contribution in [2.75, 3.05) is 5.32 Å². The lowest BCUT2D eigenvalue weighted by molar-refractivity contribution is -0.114. The van der Waals surface area contributed by atoms with Gasteiger partial charge in [-0.15, -0.1) is 12.4 Å². The molecule has 250 valence electrons. The Hall–Kier alpha value is -4.95. The van der Waals surface area contributed by atoms with E-state index in [-0.39, 0.29) is 41.4 Å². The maximum Gasteiger partial charge on any atom is 0.354 e. The van der Waals surface area contributed by atoms with Crippen molar-refractivity contribution in [1.29, 1.82) is 0 Å². The Bertz CT molecular complexity index is 1860. The third-order valence-electron chi connectivity index (χ3n) is 7.07. The van der Waals surface area contributed by atoms with Crippen LogP contribution < -0.4 is 16.4 Å². The molecular formula is C32H35ClF2N6O6. The van der Waals surface area contributed by atoms with Gasteiger partial charge >= 0.3 is 11.9 Å². The number of rotatable bonds is 6. The number of hydrogen-bond acceptors (Lipinski definition) is 8. The van der Waals surface area contributed by atoms with Gasteiger partial charge in [-0.25, -0.2) is 27.9 Å². The van der Waals surface area contributed by atoms with E-state index in [1.807, 2.05) is 6.92 Å². The number of carbonyl (C=O) groups is 4. The number of nitrogens with two attached hydrogens (primary N) is 1. The first-order valence-corrected chi connectivity index (χ1v) is 14.3. The predicted molar refractivity (Wildman–Crippen MR) is 171 cm³/mol. The molecule has 5 N–H and O–H groups in total. The maximum atomic E-state index is 14.0. The summed E-state index contributed by atoms with van der Waals surface area (Å²) >= 11 is 0. The smallest absolute Gasteiger partial charge is 0.354 e. The quantitative estimate of drug-likeness (QED) is 0.207. The molecule has 2 heterocycles. The summed E-state index contributed by atoms with van der Waals surface area (Å²) in [6.07, 6.45) is 2.11. The largest absolute Gasteiger partial charge is 0.477 e. The molecule has 1 aliphatic carbocycles. The molecule has 47 heavy (non-hydrogen) atoms. The number of aromatic nitrogens is 3. The molecule has 1 aliphatic rings. The topological polar surface area (TPSA) is 178 Å². The molecule has 0 saturated carbocycles. The van der Waals surface area contributed by atoms with Gasteiger partial charge in [0.1, 0.15) is 17.1 Å². The zero-order valence-electron chi connectivity index (χ0n) is 26.3. The summed E-state index contributed by atoms with van der Waals surface area (Å²) in [4.78, 5) is 51.3. The van der Waals surface area contributed by atoms with E-state index in [1.165, 1.54) is 19.1 Å². The van der Waals surface area contributed by atoms with E-state index < -0.39 is 40.8 Å². The van der Waals surface area contributed by atoms with E-state index in [4.69, 9.17) is 10.5 Å². The molecule has 15 heteroatoms. The molecule has 0 bridgehead atoms. The van der Waals surface area contributed by atoms with Crippen LogP contribution in [0.2, 0.25) is 0 Å². The number of anilines is 1. The van der Waals surface area contributed by atoms with Gasteiger partial charge in [-0.3, -0.25) is 9.59 Å². The van der Waals surface area contributed by atoms with Crippen LogP contribution in [0.15, 0.2) is 42.6 Å². The Labute approximate surface area is 275 Å². The number of hydrogen-bond donors (Lipinski definition) is 4. The molecule has 4 aromatic rings. The fraction of sp³-hybridized carbons (Fsp3) is 0.312. The lowest BCUT2D eigenvalue weighted by Gasteiger charge is -2.21. The van der Waals surface area contributed by atoms with Crippen LogP contribution in [0.4, 0.5) is 14.5 Å². The third kappa shape index (κ3) is 8.45. The summed E-state index contributed by atoms with van der Waals surface area (Å²) in [6, 6.07) is 8.56. The minimum Gasteiger partial charge on any atom is -0.477 e. The van der Waals surface area contributed by atoms with E-state index in [0.29, 0.717) is 24.9 Å². The molecule has 5 rings (SSSR count). The number of carboxylic acids is 1. The van der Waals surface area contributed by atoms with Crippen LogP contribution in [0.3, 0.4) is 0 Å². The van der Waals surface area contributed by atoms with Crippen molar-refractivity contribution in [1.82, 2.24) is 19.9 Å². The molecular weight excluding hydrogens is 638 g/mol. The van der Waals surface area contributed by atoms with Crippen molar-refractivity contribution in [3.63, 3.8) is 0 Å². The van der Waals surface area contributed by atoms with Crippen LogP contribution in [0, 0.1) is 18.6 Å². The summed E-state index contributed by atoms with van der Waals surface area (Å²) in [6.45, 7) is 8.91. The zero-order chi connectivity index (χ0) is 33.9. The number of halogens is 3. The molecule has 1 atom stereocenters. The summed E-state index contributed by atoms with van der Waals surface area (Å²) in [5, 5.41) is 18.3. The Morgan fingerprint density at radius 1 is 1.11 bits per heavy atom. The number of esters is 1. The van der Waals surface area contributed by atoms with Crippen molar-refractivity contribution < 1.29 is 37.8 Å². The Kier molecular flexibility index (Phi) is 11.4. The highest BCUT2D eigenvalue weighted by Gasteiger charge is 2.30. The van der Waals surface area contributed by atoms with Crippen molar-refractivity contribution in [3.8, 4) is 0 Å². The van der Waals surface area contributed by atoms with Crippen molar-refractivity contribution in [2.24, 2.45) is 5.73 Å². The van der Waals surface area contributed by atoms with E-state index >= 15 is 0 Å². The summed E-state index contributed by atoms with van der Waals surface area (Å²) in [5.74, 6) is -3.98. The minimum atomic E-state index is -1.39. The van der Waals surface area contributed by atoms with Crippen LogP contribution in [-0.4, -0.2) is 49.1 Å². The molecule has 12 nitrogen and oxygen atoms in total. The molecule has 2 aromatic carbocycles. The SMILES string of the molecule is CC(=O)Nc1cc(CN)ccc1F.Cc1c(C(=O)OC(C)(C)C)ccc2c1CC[C@@H]2NC(=O)c1cc(C(=O)O)nc2c(F)cnn12.Cl. The second-order valence-corrected chi connectivity index (χ2v) is 11.6. The highest BCUT2D eigenvalue weighted by Crippen LogP contribution is 2.35. The van der Waals surface area contributed by atoms with Gasteiger partial charge in [0.25, 0.3) is 5.91 Å². The van der Waals surface area contributed by atoms with Crippen LogP contribution in [0.5, 0.6) is 0 Å². The number of nitrogens with one attached hydrogen (secondary N) is 2. The number of nitrogens with zero attached hydrogens (tertiary/aromatic N) is 3. The molecule has 2 amide bonds. The van der Waals surface area contributed by atoms with Gasteiger partial charge in [-0.1, -0.05) is 12.1 Å². The van der Waals surface area contributed by atoms with Crippen LogP contribution in [0.1, 0.15) is 93.7 Å². The Morgan fingerprint density at radius 3 is 2.43 bits per heavy atom. The lowest BCUT2D eigenvalue weighted by atomic mass is 9.97. The minimum absolute atomic E-state index is 0. The Balaban J connectivity index is 0.000000362. The first-order valence-electron chi connectivity index (χ1n) is 14.3. The summed E-state index contributed by atoms with van der Waals surface area (Å²) < 4.78 is 33.4. The van der Waals surface area contributed by atoms with Crippen molar-refractivity contribution in [3.05, 3.63) is 93.4 Å². The van der Waals surface area contributed by atoms with E-state index in [9.17, 15) is 33.1 Å². The molecule has 2 aromatic heterocycles. The number of benzene rings is 2. The number of carboxylic acid groups (broad SMARTS) is 1. The van der Waals surface area contributed by atoms with Gasteiger partial charge < -0.3 is 26.2 Å². The van der Waals surface area contributed by atoms with Gasteiger partial charge in [0, 0.05) is 19.5 Å². The molecule has 0 saturated heterocycles. The average molecular weight is 673 g/mol. The lowest BCUT2D eigenvalue weighted by Crippen LogP contribution is -2.29. The number of aromatic carboxylic acids is 1. The van der Waals surface area contributed by atoms with E-state index in [0.717, 1.165) is 39.0 Å². The first-order chi connectivity index (χ1) is 21.6. The van der Waals surface area contributed by atoms with E-state index in [2.05, 4.69) is 20.7 Å². The normalized spacial score (nSPS) is 13.5. The van der Waals surface area contributed by atoms with E-state index in [1.54, 1.807) is 39.0 Å². The standard InChI is InChI=1S/C23H23FN4O5.C9H11FN2O.ClH/c1-11-12-7-8-16(14(12)6-5-13(11)22(32)33-23(2,3)4)27-20(29)18-9-17(21(30)31)26-19-15(24)10-25-28(18)19;1-6(13)12-9-4-7(5-11)2-3-8(9)10;/h5-6,9-10,16H,7-8H2,1-4H3,(H,27,29)(H,30,31);2-4H,5,11H2,1H3,(H,12,13);1H/t16-;;/m0../s1.